The van der Waals surface area contributed by atoms with Gasteiger partial charge in [-0.2, -0.15) is 0 Å². The number of rotatable bonds is 4. The molecule has 3 aromatic rings. The van der Waals surface area contributed by atoms with Gasteiger partial charge in [0.05, 0.1) is 29.6 Å². The molecular formula is C17H13ClN2O4S. The third kappa shape index (κ3) is 3.57. The van der Waals surface area contributed by atoms with Gasteiger partial charge in [-0.3, -0.25) is 4.79 Å². The molecule has 1 amide bonds. The number of aryl methyl sites for hydroxylation is 1. The molecule has 2 aromatic heterocycles. The number of nitrogens with zero attached hydrogens (tertiary/aromatic N) is 1. The standard InChI is InChI=1S/C17H13ClN2O4S/c1-9-14(20-16(25-9)13-4-3-7-24-13)15(21)19-12-8-10(17(22)23-2)5-6-11(12)18/h3-8H,1-2H3,(H,19,21). The summed E-state index contributed by atoms with van der Waals surface area (Å²) >= 11 is 7.46. The Bertz CT molecular complexity index is 934. The normalized spacial score (nSPS) is 10.5. The van der Waals surface area contributed by atoms with E-state index in [0.717, 1.165) is 4.88 Å². The van der Waals surface area contributed by atoms with Gasteiger partial charge in [0.2, 0.25) is 0 Å². The third-order valence-electron chi connectivity index (χ3n) is 3.38. The van der Waals surface area contributed by atoms with Crippen molar-refractivity contribution in [3.8, 4) is 10.8 Å². The Morgan fingerprint density at radius 3 is 2.80 bits per heavy atom. The van der Waals surface area contributed by atoms with Crippen molar-refractivity contribution in [3.63, 3.8) is 0 Å². The van der Waals surface area contributed by atoms with E-state index in [1.54, 1.807) is 25.3 Å². The lowest BCUT2D eigenvalue weighted by Crippen LogP contribution is -2.14. The SMILES string of the molecule is COC(=O)c1ccc(Cl)c(NC(=O)c2nc(-c3ccco3)sc2C)c1. The number of aromatic nitrogens is 1. The van der Waals surface area contributed by atoms with Crippen LogP contribution in [0, 0.1) is 6.92 Å². The van der Waals surface area contributed by atoms with Crippen molar-refractivity contribution in [1.82, 2.24) is 4.98 Å². The Morgan fingerprint density at radius 1 is 1.32 bits per heavy atom. The maximum Gasteiger partial charge on any atom is 0.337 e. The number of methoxy groups -OCH3 is 1. The van der Waals surface area contributed by atoms with Gasteiger partial charge in [0.15, 0.2) is 10.8 Å². The number of hydrogen-bond acceptors (Lipinski definition) is 6. The van der Waals surface area contributed by atoms with Gasteiger partial charge >= 0.3 is 5.97 Å². The number of amides is 1. The monoisotopic (exact) mass is 376 g/mol. The first-order valence-electron chi connectivity index (χ1n) is 7.20. The zero-order valence-corrected chi connectivity index (χ0v) is 14.9. The summed E-state index contributed by atoms with van der Waals surface area (Å²) in [6.45, 7) is 1.80. The van der Waals surface area contributed by atoms with Crippen molar-refractivity contribution in [2.45, 2.75) is 6.92 Å². The third-order valence-corrected chi connectivity index (χ3v) is 4.69. The van der Waals surface area contributed by atoms with E-state index in [4.69, 9.17) is 16.0 Å². The molecule has 0 aliphatic rings. The van der Waals surface area contributed by atoms with E-state index in [1.807, 2.05) is 0 Å². The second-order valence-corrected chi connectivity index (χ2v) is 6.65. The molecular weight excluding hydrogens is 364 g/mol. The van der Waals surface area contributed by atoms with Crippen molar-refractivity contribution in [1.29, 1.82) is 0 Å². The van der Waals surface area contributed by atoms with E-state index >= 15 is 0 Å². The van der Waals surface area contributed by atoms with Gasteiger partial charge in [-0.15, -0.1) is 11.3 Å². The number of furan rings is 1. The highest BCUT2D eigenvalue weighted by Crippen LogP contribution is 2.29. The number of thiazole rings is 1. The lowest BCUT2D eigenvalue weighted by Gasteiger charge is -2.08. The van der Waals surface area contributed by atoms with Crippen LogP contribution in [0.25, 0.3) is 10.8 Å². The van der Waals surface area contributed by atoms with Crippen LogP contribution in [0.3, 0.4) is 0 Å². The van der Waals surface area contributed by atoms with Crippen molar-refractivity contribution < 1.29 is 18.7 Å². The smallest absolute Gasteiger partial charge is 0.337 e. The molecule has 128 valence electrons. The Hall–Kier alpha value is -2.64. The molecule has 1 N–H and O–H groups in total. The molecule has 0 fully saturated rings. The zero-order valence-electron chi connectivity index (χ0n) is 13.3. The first-order valence-corrected chi connectivity index (χ1v) is 8.39. The average Bonchev–Trinajstić information content (AvgIpc) is 3.25. The average molecular weight is 377 g/mol. The van der Waals surface area contributed by atoms with Crippen molar-refractivity contribution in [2.24, 2.45) is 0 Å². The zero-order chi connectivity index (χ0) is 18.0. The first kappa shape index (κ1) is 17.2. The predicted molar refractivity (Wildman–Crippen MR) is 95.3 cm³/mol. The van der Waals surface area contributed by atoms with Crippen LogP contribution < -0.4 is 5.32 Å². The topological polar surface area (TPSA) is 81.4 Å². The van der Waals surface area contributed by atoms with E-state index in [0.29, 0.717) is 21.5 Å². The minimum Gasteiger partial charge on any atom is -0.465 e. The Balaban J connectivity index is 1.87. The number of benzene rings is 1. The highest BCUT2D eigenvalue weighted by atomic mass is 35.5. The first-order chi connectivity index (χ1) is 12.0. The van der Waals surface area contributed by atoms with E-state index < -0.39 is 11.9 Å². The number of esters is 1. The molecule has 0 aliphatic heterocycles. The number of anilines is 1. The summed E-state index contributed by atoms with van der Waals surface area (Å²) in [5.41, 5.74) is 0.867. The molecule has 8 heteroatoms. The highest BCUT2D eigenvalue weighted by Gasteiger charge is 2.19. The van der Waals surface area contributed by atoms with Crippen LogP contribution in [-0.4, -0.2) is 24.0 Å². The van der Waals surface area contributed by atoms with Crippen LogP contribution in [0.15, 0.2) is 41.0 Å². The Kier molecular flexibility index (Phi) is 4.87. The number of hydrogen-bond donors (Lipinski definition) is 1. The predicted octanol–water partition coefficient (Wildman–Crippen LogP) is 4.40. The summed E-state index contributed by atoms with van der Waals surface area (Å²) < 4.78 is 9.97. The summed E-state index contributed by atoms with van der Waals surface area (Å²) in [4.78, 5) is 29.2. The minimum absolute atomic E-state index is 0.274. The molecule has 0 spiro atoms. The molecule has 0 aliphatic carbocycles. The van der Waals surface area contributed by atoms with Crippen molar-refractivity contribution in [2.75, 3.05) is 12.4 Å². The quantitative estimate of drug-likeness (QED) is 0.682. The lowest BCUT2D eigenvalue weighted by molar-refractivity contribution is 0.0600. The van der Waals surface area contributed by atoms with Gasteiger partial charge < -0.3 is 14.5 Å². The number of carbonyl (C=O) groups excluding carboxylic acids is 2. The van der Waals surface area contributed by atoms with Crippen LogP contribution in [0.5, 0.6) is 0 Å². The number of nitrogens with one attached hydrogen (secondary N) is 1. The van der Waals surface area contributed by atoms with Crippen LogP contribution in [0.2, 0.25) is 5.02 Å². The number of carbonyl (C=O) groups is 2. The second-order valence-electron chi connectivity index (χ2n) is 5.04. The summed E-state index contributed by atoms with van der Waals surface area (Å²) in [5.74, 6) is -0.342. The van der Waals surface area contributed by atoms with Crippen LogP contribution in [-0.2, 0) is 4.74 Å². The second kappa shape index (κ2) is 7.08. The molecule has 0 atom stereocenters. The van der Waals surface area contributed by atoms with Crippen LogP contribution in [0.1, 0.15) is 25.7 Å². The van der Waals surface area contributed by atoms with E-state index in [1.165, 1.54) is 36.6 Å². The molecule has 3 rings (SSSR count). The van der Waals surface area contributed by atoms with Gasteiger partial charge in [-0.25, -0.2) is 9.78 Å². The summed E-state index contributed by atoms with van der Waals surface area (Å²) in [6, 6.07) is 8.03. The molecule has 0 saturated heterocycles. The fourth-order valence-electron chi connectivity index (χ4n) is 2.16. The largest absolute Gasteiger partial charge is 0.465 e. The lowest BCUT2D eigenvalue weighted by atomic mass is 10.2. The molecule has 6 nitrogen and oxygen atoms in total. The summed E-state index contributed by atoms with van der Waals surface area (Å²) in [5, 5.41) is 3.60. The molecule has 2 heterocycles. The van der Waals surface area contributed by atoms with Gasteiger partial charge in [-0.1, -0.05) is 11.6 Å². The Labute approximate surface area is 152 Å². The molecule has 0 unspecified atom stereocenters. The fraction of sp³-hybridized carbons (Fsp3) is 0.118. The van der Waals surface area contributed by atoms with E-state index in [-0.39, 0.29) is 11.3 Å². The van der Waals surface area contributed by atoms with Crippen LogP contribution in [0.4, 0.5) is 5.69 Å². The molecule has 0 radical (unpaired) electrons. The maximum atomic E-state index is 12.5. The molecule has 0 bridgehead atoms. The van der Waals surface area contributed by atoms with Crippen molar-refractivity contribution in [3.05, 3.63) is 57.8 Å². The fourth-order valence-corrected chi connectivity index (χ4v) is 3.20. The molecule has 1 aromatic carbocycles. The summed E-state index contributed by atoms with van der Waals surface area (Å²) in [6.07, 6.45) is 1.55. The van der Waals surface area contributed by atoms with Crippen LogP contribution >= 0.6 is 22.9 Å². The number of ether oxygens (including phenoxy) is 1. The van der Waals surface area contributed by atoms with E-state index in [9.17, 15) is 9.59 Å². The maximum absolute atomic E-state index is 12.5. The van der Waals surface area contributed by atoms with Crippen molar-refractivity contribution >= 4 is 40.5 Å². The van der Waals surface area contributed by atoms with Gasteiger partial charge in [-0.05, 0) is 37.3 Å². The van der Waals surface area contributed by atoms with Gasteiger partial charge in [0.1, 0.15) is 5.69 Å². The van der Waals surface area contributed by atoms with Gasteiger partial charge in [0, 0.05) is 4.88 Å². The Morgan fingerprint density at radius 2 is 2.12 bits per heavy atom. The summed E-state index contributed by atoms with van der Waals surface area (Å²) in [7, 11) is 1.28. The molecule has 25 heavy (non-hydrogen) atoms. The van der Waals surface area contributed by atoms with Gasteiger partial charge in [0.25, 0.3) is 5.91 Å². The highest BCUT2D eigenvalue weighted by molar-refractivity contribution is 7.15. The minimum atomic E-state index is -0.517. The molecule has 0 saturated carbocycles. The number of halogens is 1. The van der Waals surface area contributed by atoms with E-state index in [2.05, 4.69) is 15.0 Å².